The zero-order valence-corrected chi connectivity index (χ0v) is 13.3. The van der Waals surface area contributed by atoms with Crippen molar-refractivity contribution in [3.8, 4) is 5.75 Å². The molecule has 19 heavy (non-hydrogen) atoms. The molecule has 1 aromatic carbocycles. The van der Waals surface area contributed by atoms with Crippen LogP contribution in [0.2, 0.25) is 0 Å². The summed E-state index contributed by atoms with van der Waals surface area (Å²) in [7, 11) is 0. The van der Waals surface area contributed by atoms with Gasteiger partial charge in [0.25, 0.3) is 0 Å². The number of halogens is 4. The van der Waals surface area contributed by atoms with Crippen LogP contribution in [0, 0.1) is 7.14 Å². The molecule has 1 aromatic rings. The highest BCUT2D eigenvalue weighted by Gasteiger charge is 2.40. The number of hydrogen-bond acceptors (Lipinski definition) is 4. The third kappa shape index (κ3) is 4.12. The lowest BCUT2D eigenvalue weighted by Crippen LogP contribution is -2.34. The molecule has 0 spiro atoms. The lowest BCUT2D eigenvalue weighted by molar-refractivity contribution is -0.170. The molecule has 0 fully saturated rings. The van der Waals surface area contributed by atoms with Crippen molar-refractivity contribution in [2.45, 2.75) is 5.92 Å². The first-order valence-corrected chi connectivity index (χ1v) is 6.77. The van der Waals surface area contributed by atoms with Crippen molar-refractivity contribution in [1.29, 1.82) is 0 Å². The van der Waals surface area contributed by atoms with Crippen molar-refractivity contribution in [3.05, 3.63) is 24.8 Å². The summed E-state index contributed by atoms with van der Waals surface area (Å²) in [5.74, 6) is -8.18. The number of rotatable bonds is 4. The fourth-order valence-electron chi connectivity index (χ4n) is 1.05. The first kappa shape index (κ1) is 16.3. The van der Waals surface area contributed by atoms with Crippen LogP contribution in [0.15, 0.2) is 12.1 Å². The number of carboxylic acids is 1. The molecule has 0 aliphatic rings. The Bertz CT molecular complexity index is 510. The Labute approximate surface area is 133 Å². The molecular weight excluding hydrogens is 492 g/mol. The minimum atomic E-state index is -4.17. The predicted molar refractivity (Wildman–Crippen MR) is 76.4 cm³/mol. The highest BCUT2D eigenvalue weighted by molar-refractivity contribution is 14.1. The van der Waals surface area contributed by atoms with Gasteiger partial charge in [-0.2, -0.15) is 8.78 Å². The lowest BCUT2D eigenvalue weighted by Gasteiger charge is -2.13. The van der Waals surface area contributed by atoms with Crippen molar-refractivity contribution in [3.63, 3.8) is 0 Å². The van der Waals surface area contributed by atoms with Crippen molar-refractivity contribution in [1.82, 2.24) is 0 Å². The summed E-state index contributed by atoms with van der Waals surface area (Å²) >= 11 is 3.63. The Kier molecular flexibility index (Phi) is 5.29. The second kappa shape index (κ2) is 6.15. The van der Waals surface area contributed by atoms with E-state index in [2.05, 4.69) is 4.74 Å². The van der Waals surface area contributed by atoms with E-state index in [1.54, 1.807) is 22.6 Å². The SMILES string of the molecule is O=C(OCC(F)(F)C(=O)O)c1c(O)cc(I)cc1I. The molecule has 9 heteroatoms. The average molecular weight is 498 g/mol. The Balaban J connectivity index is 2.89. The van der Waals surface area contributed by atoms with Crippen molar-refractivity contribution in [2.24, 2.45) is 0 Å². The summed E-state index contributed by atoms with van der Waals surface area (Å²) in [5, 5.41) is 17.7. The molecule has 1 rings (SSSR count). The van der Waals surface area contributed by atoms with Gasteiger partial charge in [0.05, 0.1) is 0 Å². The number of aromatic hydroxyl groups is 1. The molecule has 0 heterocycles. The number of esters is 1. The number of carbonyl (C=O) groups is 2. The summed E-state index contributed by atoms with van der Waals surface area (Å²) in [6.07, 6.45) is 0. The van der Waals surface area contributed by atoms with Crippen LogP contribution in [-0.2, 0) is 9.53 Å². The molecule has 0 amide bonds. The van der Waals surface area contributed by atoms with Crippen LogP contribution in [0.5, 0.6) is 5.75 Å². The minimum Gasteiger partial charge on any atom is -0.507 e. The Hall–Kier alpha value is -0.720. The molecule has 0 saturated carbocycles. The molecule has 2 N–H and O–H groups in total. The summed E-state index contributed by atoms with van der Waals surface area (Å²) in [4.78, 5) is 21.7. The van der Waals surface area contributed by atoms with Gasteiger partial charge in [0, 0.05) is 7.14 Å². The molecule has 0 bridgehead atoms. The molecule has 0 aliphatic carbocycles. The van der Waals surface area contributed by atoms with Crippen LogP contribution in [0.1, 0.15) is 10.4 Å². The van der Waals surface area contributed by atoms with E-state index in [4.69, 9.17) is 5.11 Å². The van der Waals surface area contributed by atoms with Gasteiger partial charge in [-0.15, -0.1) is 0 Å². The van der Waals surface area contributed by atoms with Crippen molar-refractivity contribution in [2.75, 3.05) is 6.61 Å². The monoisotopic (exact) mass is 498 g/mol. The molecule has 0 unspecified atom stereocenters. The lowest BCUT2D eigenvalue weighted by atomic mass is 10.2. The normalized spacial score (nSPS) is 11.2. The van der Waals surface area contributed by atoms with Crippen LogP contribution in [-0.4, -0.2) is 34.7 Å². The smallest absolute Gasteiger partial charge is 0.378 e. The first-order chi connectivity index (χ1) is 8.65. The van der Waals surface area contributed by atoms with E-state index in [1.807, 2.05) is 22.6 Å². The number of benzene rings is 1. The molecule has 104 valence electrons. The van der Waals surface area contributed by atoms with E-state index in [9.17, 15) is 23.5 Å². The van der Waals surface area contributed by atoms with E-state index in [0.29, 0.717) is 7.14 Å². The number of ether oxygens (including phenoxy) is 1. The molecule has 0 aromatic heterocycles. The van der Waals surface area contributed by atoms with E-state index in [0.717, 1.165) is 0 Å². The fourth-order valence-corrected chi connectivity index (χ4v) is 3.09. The number of carboxylic acid groups (broad SMARTS) is 1. The number of phenolic OH excluding ortho intramolecular Hbond substituents is 1. The van der Waals surface area contributed by atoms with Crippen molar-refractivity contribution >= 4 is 57.1 Å². The van der Waals surface area contributed by atoms with E-state index in [1.165, 1.54) is 12.1 Å². The zero-order valence-electron chi connectivity index (χ0n) is 8.99. The first-order valence-electron chi connectivity index (χ1n) is 4.61. The summed E-state index contributed by atoms with van der Waals surface area (Å²) in [6.45, 7) is -1.59. The van der Waals surface area contributed by atoms with E-state index in [-0.39, 0.29) is 5.56 Å². The predicted octanol–water partition coefficient (Wildman–Crippen LogP) is 2.48. The zero-order chi connectivity index (χ0) is 14.8. The second-order valence-corrected chi connectivity index (χ2v) is 5.78. The van der Waals surface area contributed by atoms with Gasteiger partial charge in [-0.1, -0.05) is 0 Å². The number of phenols is 1. The molecule has 0 radical (unpaired) electrons. The van der Waals surface area contributed by atoms with Crippen LogP contribution < -0.4 is 0 Å². The minimum absolute atomic E-state index is 0.276. The highest BCUT2D eigenvalue weighted by atomic mass is 127. The molecule has 0 aliphatic heterocycles. The largest absolute Gasteiger partial charge is 0.507 e. The fraction of sp³-hybridized carbons (Fsp3) is 0.200. The van der Waals surface area contributed by atoms with Crippen LogP contribution in [0.3, 0.4) is 0 Å². The van der Waals surface area contributed by atoms with Gasteiger partial charge in [0.1, 0.15) is 11.3 Å². The third-order valence-electron chi connectivity index (χ3n) is 1.94. The van der Waals surface area contributed by atoms with E-state index >= 15 is 0 Å². The Morgan fingerprint density at radius 2 is 1.89 bits per heavy atom. The van der Waals surface area contributed by atoms with Gasteiger partial charge in [-0.05, 0) is 57.3 Å². The van der Waals surface area contributed by atoms with Gasteiger partial charge in [-0.3, -0.25) is 0 Å². The molecule has 0 saturated heterocycles. The Morgan fingerprint density at radius 3 is 2.37 bits per heavy atom. The van der Waals surface area contributed by atoms with Crippen LogP contribution in [0.4, 0.5) is 8.78 Å². The quantitative estimate of drug-likeness (QED) is 0.493. The van der Waals surface area contributed by atoms with Gasteiger partial charge in [0.2, 0.25) is 0 Å². The van der Waals surface area contributed by atoms with Gasteiger partial charge in [-0.25, -0.2) is 9.59 Å². The third-order valence-corrected chi connectivity index (χ3v) is 3.41. The summed E-state index contributed by atoms with van der Waals surface area (Å²) in [6, 6.07) is 2.79. The average Bonchev–Trinajstić information content (AvgIpc) is 2.24. The maximum atomic E-state index is 12.7. The topological polar surface area (TPSA) is 83.8 Å². The number of aliphatic carboxylic acids is 1. The van der Waals surface area contributed by atoms with Gasteiger partial charge >= 0.3 is 17.9 Å². The Morgan fingerprint density at radius 1 is 1.32 bits per heavy atom. The molecule has 5 nitrogen and oxygen atoms in total. The summed E-state index contributed by atoms with van der Waals surface area (Å²) in [5.41, 5.74) is -0.276. The number of carbonyl (C=O) groups excluding carboxylic acids is 1. The number of alkyl halides is 2. The maximum absolute atomic E-state index is 12.7. The standard InChI is InChI=1S/C10H6F2I2O5/c11-10(12,9(17)18)3-19-8(16)7-5(14)1-4(13)2-6(7)15/h1-2,15H,3H2,(H,17,18). The molecule has 0 atom stereocenters. The van der Waals surface area contributed by atoms with Crippen LogP contribution in [0.25, 0.3) is 0 Å². The highest BCUT2D eigenvalue weighted by Crippen LogP contribution is 2.27. The summed E-state index contributed by atoms with van der Waals surface area (Å²) < 4.78 is 30.7. The maximum Gasteiger partial charge on any atom is 0.378 e. The van der Waals surface area contributed by atoms with Gasteiger partial charge in [0.15, 0.2) is 6.61 Å². The van der Waals surface area contributed by atoms with E-state index < -0.39 is 30.2 Å². The number of hydrogen-bond donors (Lipinski definition) is 2. The van der Waals surface area contributed by atoms with Gasteiger partial charge < -0.3 is 14.9 Å². The second-order valence-electron chi connectivity index (χ2n) is 3.37. The van der Waals surface area contributed by atoms with Crippen molar-refractivity contribution < 1.29 is 33.3 Å². The molecular formula is C10H6F2I2O5. The van der Waals surface area contributed by atoms with Crippen LogP contribution >= 0.6 is 45.2 Å².